The number of nitrogens with zero attached hydrogens (tertiary/aromatic N) is 8. The SMILES string of the molecule is CNC[C@H]1CO1.Cl.II.O=C(O)c1ccc(Cl)s1.[C-]#[N+]c1ccc(N)cc1.[C-]#[N+]c1ccc(N2C[C@H](CN)OC2=O)cc1.[C-]#[N+]c1ccc(N2C[C@H](CNC(=O)c3ccc(Cl)s3)OC2=O)cc1.[C-]#[N+]c1ccc(N2C[C@H](CNC)OC2=O)cc1.[C-]#[N+]c1ccc(NC[C@@H](O)CNC)cc1. The van der Waals surface area contributed by atoms with Crippen molar-refractivity contribution < 1.29 is 53.1 Å². The Labute approximate surface area is 621 Å². The number of thiophene rings is 2. The van der Waals surface area contributed by atoms with E-state index in [1.165, 1.54) is 27.2 Å². The van der Waals surface area contributed by atoms with Gasteiger partial charge in [0.15, 0.2) is 28.4 Å². The summed E-state index contributed by atoms with van der Waals surface area (Å²) in [7, 11) is 5.55. The number of anilines is 5. The largest absolute Gasteiger partial charge is 0.477 e. The first-order valence-corrected chi connectivity index (χ1v) is 37.9. The number of carboxylic acid groups (broad SMARTS) is 1. The first-order chi connectivity index (χ1) is 47.3. The number of epoxide rings is 1. The first-order valence-electron chi connectivity index (χ1n) is 29.2. The van der Waals surface area contributed by atoms with Gasteiger partial charge in [0.25, 0.3) is 5.91 Å². The van der Waals surface area contributed by atoms with Crippen molar-refractivity contribution in [3.63, 3.8) is 0 Å². The summed E-state index contributed by atoms with van der Waals surface area (Å²) in [5, 5.41) is 32.5. The Morgan fingerprint density at radius 1 is 0.556 bits per heavy atom. The van der Waals surface area contributed by atoms with Gasteiger partial charge in [-0.15, -0.1) is 35.1 Å². The number of carbonyl (C=O) groups is 5. The van der Waals surface area contributed by atoms with Crippen LogP contribution in [0.3, 0.4) is 0 Å². The zero-order valence-electron chi connectivity index (χ0n) is 53.4. The van der Waals surface area contributed by atoms with Crippen LogP contribution in [0.15, 0.2) is 146 Å². The number of cyclic esters (lactones) is 3. The molecule has 26 nitrogen and oxygen atoms in total. The van der Waals surface area contributed by atoms with Gasteiger partial charge in [0.2, 0.25) is 0 Å². The van der Waals surface area contributed by atoms with E-state index in [0.29, 0.717) is 105 Å². The van der Waals surface area contributed by atoms with Crippen molar-refractivity contribution in [3.05, 3.63) is 221 Å². The highest BCUT2D eigenvalue weighted by atomic mass is 128. The molecule has 4 aliphatic heterocycles. The number of hydrogen-bond acceptors (Lipinski definition) is 18. The molecule has 99 heavy (non-hydrogen) atoms. The van der Waals surface area contributed by atoms with E-state index in [9.17, 15) is 29.1 Å². The molecule has 4 aliphatic rings. The quantitative estimate of drug-likeness (QED) is 0.0135. The van der Waals surface area contributed by atoms with Crippen LogP contribution in [0.1, 0.15) is 19.3 Å². The maximum absolute atomic E-state index is 12.0. The minimum Gasteiger partial charge on any atom is -0.477 e. The Hall–Kier alpha value is -8.61. The van der Waals surface area contributed by atoms with Crippen LogP contribution in [0.2, 0.25) is 8.67 Å². The standard InChI is InChI=1S/C16H12ClN3O3S.C12H13N3O2.C11H11N3O2.C11H15N3O.C7H6N2.C5H3ClO2S.C4H9NO.ClH.I2/c1-18-10-2-4-11(5-3-10)20-9-12(23-16(20)22)8-19-15(21)13-6-7-14(17)24-13;1-13-7-11-8-15(12(16)17-11)10-5-3-9(14-2)4-6-10;1-13-8-2-4-9(5-3-8)14-7-10(6-12)16-11(14)15;1-12-7-11(15)8-14-10-5-3-9(13-2)4-6-10;1-9-7-4-2-6(8)3-5-7;6-4-2-1-3(9-4)5(7)8;1-5-2-4-3-6-4;;1-2/h2-7,12H,8-9H2,(H,19,21);3-6,11,13H,7-8H2,1H3;2-5,10H,6-7,12H2;3-6,11-12,14-15H,7-8H2,1H3;2-5H,8H2;1-2H,(H,7,8);4-5H,2-3H2,1H3;1H;/t12-;11-;10-;11-;;;4-;;/m0000..0../s1. The summed E-state index contributed by atoms with van der Waals surface area (Å²) >= 11 is 17.8. The number of likely N-dealkylation sites (N-methyl/N-ethyl adjacent to an activating group) is 3. The lowest BCUT2D eigenvalue weighted by Gasteiger charge is -2.13. The Bertz CT molecular complexity index is 3870. The molecule has 4 amide bonds. The van der Waals surface area contributed by atoms with Gasteiger partial charge in [-0.1, -0.05) is 83.9 Å². The van der Waals surface area contributed by atoms with E-state index >= 15 is 0 Å². The van der Waals surface area contributed by atoms with Crippen molar-refractivity contribution in [3.8, 4) is 0 Å². The number of aromatic carboxylic acids is 1. The number of nitrogens with one attached hydrogen (secondary N) is 5. The van der Waals surface area contributed by atoms with Crippen LogP contribution in [0.5, 0.6) is 0 Å². The molecule has 4 saturated heterocycles. The van der Waals surface area contributed by atoms with Crippen LogP contribution in [0, 0.1) is 32.9 Å². The van der Waals surface area contributed by atoms with Crippen LogP contribution in [0.25, 0.3) is 24.2 Å². The third-order valence-electron chi connectivity index (χ3n) is 13.1. The van der Waals surface area contributed by atoms with E-state index in [1.54, 1.807) is 139 Å². The summed E-state index contributed by atoms with van der Waals surface area (Å²) < 4.78 is 21.4. The Morgan fingerprint density at radius 2 is 0.909 bits per heavy atom. The fourth-order valence-electron chi connectivity index (χ4n) is 8.20. The minimum absolute atomic E-state index is 0. The number of benzene rings is 5. The zero-order valence-corrected chi connectivity index (χ0v) is 61.6. The average molecular weight is 1670 g/mol. The first kappa shape index (κ1) is 84.6. The highest BCUT2D eigenvalue weighted by Gasteiger charge is 2.34. The maximum atomic E-state index is 12.0. The number of aliphatic hydroxyl groups is 1. The Morgan fingerprint density at radius 3 is 1.22 bits per heavy atom. The summed E-state index contributed by atoms with van der Waals surface area (Å²) in [4.78, 5) is 79.0. The predicted molar refractivity (Wildman–Crippen MR) is 409 cm³/mol. The lowest BCUT2D eigenvalue weighted by molar-refractivity contribution is 0.0701. The molecule has 11 rings (SSSR count). The highest BCUT2D eigenvalue weighted by molar-refractivity contribution is 15.0. The molecule has 33 heteroatoms. The van der Waals surface area contributed by atoms with Crippen LogP contribution >= 0.6 is 95.5 Å². The number of ether oxygens (including phenoxy) is 4. The van der Waals surface area contributed by atoms with Gasteiger partial charge in [-0.2, -0.15) is 0 Å². The molecule has 0 unspecified atom stereocenters. The third kappa shape index (κ3) is 30.6. The molecule has 7 aromatic rings. The summed E-state index contributed by atoms with van der Waals surface area (Å²) in [6, 6.07) is 40.7. The molecule has 11 N–H and O–H groups in total. The number of rotatable bonds is 17. The van der Waals surface area contributed by atoms with Crippen molar-refractivity contribution in [1.29, 1.82) is 0 Å². The van der Waals surface area contributed by atoms with E-state index < -0.39 is 24.3 Å². The molecular weight excluding hydrogens is 1600 g/mol. The lowest BCUT2D eigenvalue weighted by Crippen LogP contribution is -2.34. The van der Waals surface area contributed by atoms with Crippen molar-refractivity contribution in [2.45, 2.75) is 30.5 Å². The second-order valence-corrected chi connectivity index (χ2v) is 23.6. The maximum Gasteiger partial charge on any atom is 0.414 e. The van der Waals surface area contributed by atoms with Gasteiger partial charge in [-0.25, -0.2) is 43.4 Å². The van der Waals surface area contributed by atoms with Gasteiger partial charge >= 0.3 is 24.2 Å². The van der Waals surface area contributed by atoms with Crippen LogP contribution in [0.4, 0.5) is 71.3 Å². The zero-order chi connectivity index (χ0) is 71.9. The molecule has 0 spiro atoms. The fraction of sp³-hybridized carbons (Fsp3) is 0.273. The molecule has 2 aromatic heterocycles. The van der Waals surface area contributed by atoms with Crippen molar-refractivity contribution >= 4 is 183 Å². The highest BCUT2D eigenvalue weighted by Crippen LogP contribution is 2.28. The van der Waals surface area contributed by atoms with Crippen LogP contribution < -0.4 is 52.8 Å². The van der Waals surface area contributed by atoms with E-state index in [1.807, 2.05) is 26.2 Å². The van der Waals surface area contributed by atoms with Crippen LogP contribution in [-0.2, 0) is 18.9 Å². The van der Waals surface area contributed by atoms with Gasteiger partial charge in [0.1, 0.15) is 23.2 Å². The van der Waals surface area contributed by atoms with Gasteiger partial charge in [-0.3, -0.25) is 19.5 Å². The number of carbonyl (C=O) groups excluding carboxylic acids is 4. The van der Waals surface area contributed by atoms with E-state index in [0.717, 1.165) is 41.6 Å². The fourth-order valence-corrected chi connectivity index (χ4v) is 10.0. The van der Waals surface area contributed by atoms with E-state index in [-0.39, 0.29) is 54.1 Å². The number of halogens is 5. The van der Waals surface area contributed by atoms with Crippen molar-refractivity contribution in [2.75, 3.05) is 112 Å². The monoisotopic (exact) mass is 1670 g/mol. The second-order valence-electron chi connectivity index (χ2n) is 20.2. The molecule has 5 aromatic carbocycles. The molecule has 0 saturated carbocycles. The van der Waals surface area contributed by atoms with Gasteiger partial charge in [0.05, 0.1) is 91.4 Å². The Kier molecular flexibility index (Phi) is 39.8. The summed E-state index contributed by atoms with van der Waals surface area (Å²) in [6.45, 7) is 39.6. The van der Waals surface area contributed by atoms with Gasteiger partial charge < -0.3 is 67.2 Å². The van der Waals surface area contributed by atoms with Gasteiger partial charge in [0, 0.05) is 98.4 Å². The summed E-state index contributed by atoms with van der Waals surface area (Å²) in [5.41, 5.74) is 17.4. The molecule has 0 bridgehead atoms. The van der Waals surface area contributed by atoms with Crippen molar-refractivity contribution in [2.24, 2.45) is 5.73 Å². The number of carboxylic acids is 1. The number of amides is 4. The Balaban J connectivity index is 0.000000309. The average Bonchev–Trinajstić information content (AvgIpc) is 1.73. The number of nitrogens with two attached hydrogens (primary N) is 2. The number of hydrogen-bond donors (Lipinski definition) is 9. The summed E-state index contributed by atoms with van der Waals surface area (Å²) in [6.07, 6.45) is -1.85. The van der Waals surface area contributed by atoms with Gasteiger partial charge in [-0.05, 0) is 106 Å². The van der Waals surface area contributed by atoms with E-state index in [2.05, 4.69) is 88.0 Å². The second kappa shape index (κ2) is 46.6. The smallest absolute Gasteiger partial charge is 0.414 e. The van der Waals surface area contributed by atoms with Crippen LogP contribution in [-0.4, -0.2) is 158 Å². The number of nitrogen functional groups attached to an aromatic ring is 1. The molecule has 5 atom stereocenters. The van der Waals surface area contributed by atoms with Crippen molar-refractivity contribution in [1.82, 2.24) is 21.3 Å². The molecule has 6 heterocycles. The molecule has 4 fully saturated rings. The molecule has 0 aliphatic carbocycles. The molecular formula is C66H70Cl3I2N15O11S2. The minimum atomic E-state index is -0.924. The summed E-state index contributed by atoms with van der Waals surface area (Å²) in [5.74, 6) is -1.17. The van der Waals surface area contributed by atoms with E-state index in [4.69, 9.17) is 91.6 Å². The lowest BCUT2D eigenvalue weighted by atomic mass is 10.2. The molecule has 0 radical (unpaired) electrons. The number of aliphatic hydroxyl groups excluding tert-OH is 1. The molecule has 522 valence electrons. The predicted octanol–water partition coefficient (Wildman–Crippen LogP) is 14.0. The topological polar surface area (TPSA) is 310 Å². The normalized spacial score (nSPS) is 15.7. The third-order valence-corrected chi connectivity index (χ3v) is 15.5.